The van der Waals surface area contributed by atoms with Crippen molar-refractivity contribution in [1.82, 2.24) is 0 Å². The van der Waals surface area contributed by atoms with Gasteiger partial charge in [0.15, 0.2) is 6.61 Å². The highest BCUT2D eigenvalue weighted by atomic mass is 79.9. The molecule has 0 unspecified atom stereocenters. The molecule has 0 aliphatic rings. The topological polar surface area (TPSA) is 21.3 Å². The number of hydrogen-bond acceptors (Lipinski definition) is 3. The van der Waals surface area contributed by atoms with Crippen molar-refractivity contribution in [3.05, 3.63) is 45.1 Å². The minimum absolute atomic E-state index is 0.192. The van der Waals surface area contributed by atoms with E-state index in [0.717, 1.165) is 9.35 Å². The van der Waals surface area contributed by atoms with Gasteiger partial charge in [-0.15, -0.1) is 11.3 Å². The number of hydrogen-bond donors (Lipinski definition) is 1. The Morgan fingerprint density at radius 1 is 1.20 bits per heavy atom. The number of para-hydroxylation sites is 2. The van der Waals surface area contributed by atoms with E-state index in [1.54, 1.807) is 29.5 Å². The minimum Gasteiger partial charge on any atom is -0.482 e. The standard InChI is InChI=1S/C13H11BrF3NOS/c14-9-5-6-20-12(9)7-18-10-3-1-2-4-11(10)19-8-13(15,16)17/h1-6,18H,7-8H2. The van der Waals surface area contributed by atoms with Gasteiger partial charge in [-0.3, -0.25) is 0 Å². The van der Waals surface area contributed by atoms with Gasteiger partial charge in [0.2, 0.25) is 0 Å². The first-order valence-electron chi connectivity index (χ1n) is 5.70. The third kappa shape index (κ3) is 4.42. The van der Waals surface area contributed by atoms with Gasteiger partial charge in [0, 0.05) is 9.35 Å². The molecule has 0 bridgehead atoms. The van der Waals surface area contributed by atoms with Gasteiger partial charge in [-0.05, 0) is 39.5 Å². The lowest BCUT2D eigenvalue weighted by Gasteiger charge is -2.14. The zero-order valence-electron chi connectivity index (χ0n) is 10.2. The predicted molar refractivity (Wildman–Crippen MR) is 77.3 cm³/mol. The summed E-state index contributed by atoms with van der Waals surface area (Å²) < 4.78 is 42.3. The minimum atomic E-state index is -4.34. The number of benzene rings is 1. The molecule has 2 aromatic rings. The van der Waals surface area contributed by atoms with E-state index in [-0.39, 0.29) is 5.75 Å². The molecular formula is C13H11BrF3NOS. The van der Waals surface area contributed by atoms with E-state index in [1.165, 1.54) is 6.07 Å². The van der Waals surface area contributed by atoms with Crippen LogP contribution >= 0.6 is 27.3 Å². The SMILES string of the molecule is FC(F)(F)COc1ccccc1NCc1sccc1Br. The average Bonchev–Trinajstić information content (AvgIpc) is 2.79. The highest BCUT2D eigenvalue weighted by molar-refractivity contribution is 9.10. The molecule has 0 aliphatic heterocycles. The van der Waals surface area contributed by atoms with Crippen LogP contribution in [0.2, 0.25) is 0 Å². The molecule has 1 aromatic heterocycles. The first kappa shape index (κ1) is 15.2. The molecule has 7 heteroatoms. The lowest BCUT2D eigenvalue weighted by molar-refractivity contribution is -0.153. The lowest BCUT2D eigenvalue weighted by Crippen LogP contribution is -2.19. The van der Waals surface area contributed by atoms with Gasteiger partial charge < -0.3 is 10.1 Å². The second-order valence-corrected chi connectivity index (χ2v) is 5.80. The quantitative estimate of drug-likeness (QED) is 0.798. The van der Waals surface area contributed by atoms with Gasteiger partial charge >= 0.3 is 6.18 Å². The largest absolute Gasteiger partial charge is 0.482 e. The normalized spacial score (nSPS) is 11.4. The molecular weight excluding hydrogens is 355 g/mol. The zero-order valence-corrected chi connectivity index (χ0v) is 12.6. The van der Waals surface area contributed by atoms with Crippen LogP contribution in [0, 0.1) is 0 Å². The first-order chi connectivity index (χ1) is 9.46. The summed E-state index contributed by atoms with van der Waals surface area (Å²) in [5, 5.41) is 5.02. The molecule has 0 amide bonds. The monoisotopic (exact) mass is 365 g/mol. The number of ether oxygens (including phenoxy) is 1. The molecule has 0 saturated carbocycles. The lowest BCUT2D eigenvalue weighted by atomic mass is 10.3. The third-order valence-electron chi connectivity index (χ3n) is 2.41. The van der Waals surface area contributed by atoms with Crippen molar-refractivity contribution in [1.29, 1.82) is 0 Å². The highest BCUT2D eigenvalue weighted by Crippen LogP contribution is 2.28. The summed E-state index contributed by atoms with van der Waals surface area (Å²) in [5.74, 6) is 0.192. The Balaban J connectivity index is 2.02. The number of nitrogens with one attached hydrogen (secondary N) is 1. The summed E-state index contributed by atoms with van der Waals surface area (Å²) in [6.45, 7) is -0.779. The van der Waals surface area contributed by atoms with E-state index in [1.807, 2.05) is 11.4 Å². The molecule has 0 saturated heterocycles. The Morgan fingerprint density at radius 2 is 1.95 bits per heavy atom. The third-order valence-corrected chi connectivity index (χ3v) is 4.34. The summed E-state index contributed by atoms with van der Waals surface area (Å²) in [6, 6.07) is 8.50. The molecule has 0 aliphatic carbocycles. The van der Waals surface area contributed by atoms with Crippen LogP contribution in [0.25, 0.3) is 0 Å². The number of halogens is 4. The van der Waals surface area contributed by atoms with Gasteiger partial charge in [-0.25, -0.2) is 0 Å². The number of anilines is 1. The van der Waals surface area contributed by atoms with Gasteiger partial charge in [-0.1, -0.05) is 12.1 Å². The molecule has 1 heterocycles. The van der Waals surface area contributed by atoms with E-state index in [0.29, 0.717) is 12.2 Å². The second-order valence-electron chi connectivity index (χ2n) is 3.95. The molecule has 1 aromatic carbocycles. The first-order valence-corrected chi connectivity index (χ1v) is 7.37. The Bertz CT molecular complexity index is 571. The molecule has 0 spiro atoms. The van der Waals surface area contributed by atoms with Crippen molar-refractivity contribution in [3.63, 3.8) is 0 Å². The molecule has 0 atom stereocenters. The van der Waals surface area contributed by atoms with Crippen molar-refractivity contribution >= 4 is 33.0 Å². The Labute approximate surface area is 126 Å². The van der Waals surface area contributed by atoms with E-state index < -0.39 is 12.8 Å². The van der Waals surface area contributed by atoms with Gasteiger partial charge in [0.1, 0.15) is 5.75 Å². The summed E-state index contributed by atoms with van der Waals surface area (Å²) in [4.78, 5) is 1.07. The Morgan fingerprint density at radius 3 is 2.60 bits per heavy atom. The van der Waals surface area contributed by atoms with Crippen molar-refractivity contribution in [2.24, 2.45) is 0 Å². The van der Waals surface area contributed by atoms with Gasteiger partial charge in [0.25, 0.3) is 0 Å². The van der Waals surface area contributed by atoms with Crippen molar-refractivity contribution < 1.29 is 17.9 Å². The zero-order chi connectivity index (χ0) is 14.6. The summed E-state index contributed by atoms with van der Waals surface area (Å²) in [5.41, 5.74) is 0.539. The molecule has 0 radical (unpaired) electrons. The molecule has 1 N–H and O–H groups in total. The van der Waals surface area contributed by atoms with Gasteiger partial charge in [0.05, 0.1) is 12.2 Å². The van der Waals surface area contributed by atoms with Gasteiger partial charge in [-0.2, -0.15) is 13.2 Å². The molecule has 2 nitrogen and oxygen atoms in total. The second kappa shape index (κ2) is 6.49. The smallest absolute Gasteiger partial charge is 0.422 e. The van der Waals surface area contributed by atoms with E-state index in [4.69, 9.17) is 4.74 Å². The van der Waals surface area contributed by atoms with Crippen molar-refractivity contribution in [2.45, 2.75) is 12.7 Å². The Kier molecular flexibility index (Phi) is 4.93. The maximum absolute atomic E-state index is 12.2. The number of rotatable bonds is 5. The fourth-order valence-corrected chi connectivity index (χ4v) is 2.96. The van der Waals surface area contributed by atoms with Crippen LogP contribution in [-0.2, 0) is 6.54 Å². The summed E-state index contributed by atoms with van der Waals surface area (Å²) in [6.07, 6.45) is -4.34. The van der Waals surface area contributed by atoms with Crippen LogP contribution in [0.3, 0.4) is 0 Å². The fraction of sp³-hybridized carbons (Fsp3) is 0.231. The highest BCUT2D eigenvalue weighted by Gasteiger charge is 2.28. The molecule has 108 valence electrons. The van der Waals surface area contributed by atoms with E-state index in [9.17, 15) is 13.2 Å². The van der Waals surface area contributed by atoms with Crippen molar-refractivity contribution in [2.75, 3.05) is 11.9 Å². The number of alkyl halides is 3. The maximum atomic E-state index is 12.2. The average molecular weight is 366 g/mol. The maximum Gasteiger partial charge on any atom is 0.422 e. The van der Waals surface area contributed by atoms with E-state index in [2.05, 4.69) is 21.2 Å². The fourth-order valence-electron chi connectivity index (χ4n) is 1.52. The van der Waals surface area contributed by atoms with Crippen LogP contribution < -0.4 is 10.1 Å². The molecule has 20 heavy (non-hydrogen) atoms. The Hall–Kier alpha value is -1.21. The predicted octanol–water partition coefficient (Wildman–Crippen LogP) is 5.06. The van der Waals surface area contributed by atoms with Crippen LogP contribution in [0.4, 0.5) is 18.9 Å². The summed E-state index contributed by atoms with van der Waals surface area (Å²) in [7, 11) is 0. The number of thiophene rings is 1. The van der Waals surface area contributed by atoms with E-state index >= 15 is 0 Å². The van der Waals surface area contributed by atoms with Crippen LogP contribution in [0.5, 0.6) is 5.75 Å². The van der Waals surface area contributed by atoms with Crippen LogP contribution in [0.15, 0.2) is 40.2 Å². The molecule has 2 rings (SSSR count). The molecule has 0 fully saturated rings. The van der Waals surface area contributed by atoms with Crippen molar-refractivity contribution in [3.8, 4) is 5.75 Å². The van der Waals surface area contributed by atoms with Crippen LogP contribution in [0.1, 0.15) is 4.88 Å². The summed E-state index contributed by atoms with van der Waals surface area (Å²) >= 11 is 4.97. The van der Waals surface area contributed by atoms with Crippen LogP contribution in [-0.4, -0.2) is 12.8 Å².